The molecular formula is C26H34Cl2N4O9. The van der Waals surface area contributed by atoms with Gasteiger partial charge in [-0.25, -0.2) is 9.69 Å². The van der Waals surface area contributed by atoms with E-state index in [1.165, 1.54) is 30.1 Å². The van der Waals surface area contributed by atoms with Gasteiger partial charge < -0.3 is 30.3 Å². The van der Waals surface area contributed by atoms with Crippen molar-refractivity contribution in [3.8, 4) is 0 Å². The van der Waals surface area contributed by atoms with Gasteiger partial charge >= 0.3 is 18.0 Å². The van der Waals surface area contributed by atoms with Crippen molar-refractivity contribution in [2.75, 3.05) is 33.2 Å². The van der Waals surface area contributed by atoms with Crippen LogP contribution >= 0.6 is 23.2 Å². The summed E-state index contributed by atoms with van der Waals surface area (Å²) >= 11 is 12.2. The second-order valence-electron chi connectivity index (χ2n) is 10.2. The van der Waals surface area contributed by atoms with Crippen molar-refractivity contribution >= 4 is 52.9 Å². The number of carbonyl (C=O) groups excluding carboxylic acids is 3. The standard InChI is InChI=1S/C26H34Cl2N4O9/c1-14-12-32(25(39)40)26(30-8-4-5-9-30,41-20(34)11-19(29-3)24(37)38)13-31(14)23(36)21(22(35)15(2)33)16-6-7-17(27)18(28)10-16/h6-7,10,14,19,21-22,29,35H,4-5,8-9,11-13H2,1-3H3,(H,37,38)(H,39,40)/t14-,19?,21?,22-,26-/m1/s1. The summed E-state index contributed by atoms with van der Waals surface area (Å²) in [7, 11) is 1.36. The SMILES string of the molecule is CNC(CC(=O)O[C@@]1(N2CCCC2)CN(C(=O)C(c2ccc(Cl)c(Cl)c2)[C@H](O)C(C)=O)[C@H](C)CN1C(=O)O)C(=O)O. The average molecular weight is 617 g/mol. The number of likely N-dealkylation sites (N-methyl/N-ethyl adjacent to an activating group) is 1. The average Bonchev–Trinajstić information content (AvgIpc) is 3.45. The first kappa shape index (κ1) is 32.5. The molecule has 5 atom stereocenters. The number of benzene rings is 1. The first-order chi connectivity index (χ1) is 19.2. The number of aliphatic carboxylic acids is 1. The number of hydrogen-bond acceptors (Lipinski definition) is 9. The van der Waals surface area contributed by atoms with Gasteiger partial charge in [0.25, 0.3) is 5.85 Å². The van der Waals surface area contributed by atoms with Gasteiger partial charge in [-0.2, -0.15) is 0 Å². The number of nitrogens with zero attached hydrogens (tertiary/aromatic N) is 3. The minimum atomic E-state index is -1.98. The van der Waals surface area contributed by atoms with Gasteiger partial charge in [-0.3, -0.25) is 24.1 Å². The second kappa shape index (κ2) is 13.3. The zero-order valence-corrected chi connectivity index (χ0v) is 24.4. The molecule has 3 rings (SSSR count). The van der Waals surface area contributed by atoms with Crippen LogP contribution in [0.1, 0.15) is 44.6 Å². The normalized spacial score (nSPS) is 23.5. The van der Waals surface area contributed by atoms with E-state index in [2.05, 4.69) is 5.32 Å². The van der Waals surface area contributed by atoms with Crippen molar-refractivity contribution in [3.05, 3.63) is 33.8 Å². The Morgan fingerprint density at radius 2 is 1.76 bits per heavy atom. The molecule has 2 fully saturated rings. The number of ketones is 1. The molecule has 2 saturated heterocycles. The second-order valence-corrected chi connectivity index (χ2v) is 11.0. The van der Waals surface area contributed by atoms with E-state index in [9.17, 15) is 39.3 Å². The maximum atomic E-state index is 14.2. The molecule has 13 nitrogen and oxygen atoms in total. The lowest BCUT2D eigenvalue weighted by Crippen LogP contribution is -2.75. The minimum absolute atomic E-state index is 0.0966. The summed E-state index contributed by atoms with van der Waals surface area (Å²) in [5.41, 5.74) is 0.210. The Bertz CT molecular complexity index is 1200. The van der Waals surface area contributed by atoms with Crippen molar-refractivity contribution in [2.24, 2.45) is 0 Å². The predicted octanol–water partition coefficient (Wildman–Crippen LogP) is 1.59. The number of amides is 2. The van der Waals surface area contributed by atoms with Crippen molar-refractivity contribution < 1.29 is 44.0 Å². The molecule has 2 heterocycles. The molecule has 0 bridgehead atoms. The third-order valence-electron chi connectivity index (χ3n) is 7.49. The predicted molar refractivity (Wildman–Crippen MR) is 147 cm³/mol. The highest BCUT2D eigenvalue weighted by molar-refractivity contribution is 6.42. The van der Waals surface area contributed by atoms with Crippen molar-refractivity contribution in [1.29, 1.82) is 0 Å². The summed E-state index contributed by atoms with van der Waals surface area (Å²) < 4.78 is 5.84. The zero-order valence-electron chi connectivity index (χ0n) is 22.9. The Hall–Kier alpha value is -2.97. The van der Waals surface area contributed by atoms with Gasteiger partial charge in [-0.15, -0.1) is 0 Å². The number of Topliss-reactive ketones (excluding diaryl/α,β-unsaturated/α-hetero) is 1. The molecule has 2 amide bonds. The molecule has 2 aliphatic rings. The number of rotatable bonds is 10. The fraction of sp³-hybridized carbons (Fsp3) is 0.577. The topological polar surface area (TPSA) is 177 Å². The molecule has 2 unspecified atom stereocenters. The third kappa shape index (κ3) is 6.92. The van der Waals surface area contributed by atoms with E-state index in [1.807, 2.05) is 0 Å². The van der Waals surface area contributed by atoms with Gasteiger partial charge in [0.05, 0.1) is 28.9 Å². The molecule has 1 aromatic carbocycles. The molecule has 4 N–H and O–H groups in total. The van der Waals surface area contributed by atoms with Gasteiger partial charge in [0.2, 0.25) is 5.91 Å². The van der Waals surface area contributed by atoms with Gasteiger partial charge in [0.15, 0.2) is 5.78 Å². The lowest BCUT2D eigenvalue weighted by Gasteiger charge is -2.54. The van der Waals surface area contributed by atoms with Crippen LogP contribution in [-0.4, -0.2) is 117 Å². The minimum Gasteiger partial charge on any atom is -0.480 e. The van der Waals surface area contributed by atoms with E-state index >= 15 is 0 Å². The van der Waals surface area contributed by atoms with E-state index in [0.29, 0.717) is 25.9 Å². The van der Waals surface area contributed by atoms with Crippen LogP contribution in [0.2, 0.25) is 10.0 Å². The molecule has 0 aromatic heterocycles. The number of hydrogen-bond donors (Lipinski definition) is 4. The smallest absolute Gasteiger partial charge is 0.411 e. The summed E-state index contributed by atoms with van der Waals surface area (Å²) in [6.45, 7) is 2.68. The van der Waals surface area contributed by atoms with E-state index < -0.39 is 72.6 Å². The summed E-state index contributed by atoms with van der Waals surface area (Å²) in [6.07, 6.45) is -2.44. The maximum absolute atomic E-state index is 14.2. The lowest BCUT2D eigenvalue weighted by molar-refractivity contribution is -0.251. The number of carboxylic acid groups (broad SMARTS) is 2. The largest absolute Gasteiger partial charge is 0.480 e. The molecule has 0 radical (unpaired) electrons. The summed E-state index contributed by atoms with van der Waals surface area (Å²) in [6, 6.07) is 2.20. The van der Waals surface area contributed by atoms with E-state index in [4.69, 9.17) is 27.9 Å². The Morgan fingerprint density at radius 1 is 1.12 bits per heavy atom. The monoisotopic (exact) mass is 616 g/mol. The zero-order chi connectivity index (χ0) is 30.6. The highest BCUT2D eigenvalue weighted by atomic mass is 35.5. The van der Waals surface area contributed by atoms with Crippen molar-refractivity contribution in [3.63, 3.8) is 0 Å². The van der Waals surface area contributed by atoms with Gasteiger partial charge in [-0.05, 0) is 51.4 Å². The van der Waals surface area contributed by atoms with Crippen LogP contribution < -0.4 is 5.32 Å². The summed E-state index contributed by atoms with van der Waals surface area (Å²) in [5, 5.41) is 33.2. The summed E-state index contributed by atoms with van der Waals surface area (Å²) in [4.78, 5) is 67.4. The van der Waals surface area contributed by atoms with E-state index in [0.717, 1.165) is 11.8 Å². The molecule has 0 saturated carbocycles. The Morgan fingerprint density at radius 3 is 2.27 bits per heavy atom. The third-order valence-corrected chi connectivity index (χ3v) is 8.23. The highest BCUT2D eigenvalue weighted by Gasteiger charge is 2.56. The highest BCUT2D eigenvalue weighted by Crippen LogP contribution is 2.37. The van der Waals surface area contributed by atoms with E-state index in [1.54, 1.807) is 11.8 Å². The number of carboxylic acids is 1. The maximum Gasteiger partial charge on any atom is 0.411 e. The van der Waals surface area contributed by atoms with E-state index in [-0.39, 0.29) is 22.2 Å². The Labute approximate surface area is 246 Å². The number of esters is 1. The van der Waals surface area contributed by atoms with Gasteiger partial charge in [0, 0.05) is 25.7 Å². The molecule has 0 aliphatic carbocycles. The first-order valence-corrected chi connectivity index (χ1v) is 13.8. The Balaban J connectivity index is 2.08. The molecule has 226 valence electrons. The molecular weight excluding hydrogens is 583 g/mol. The number of likely N-dealkylation sites (tertiary alicyclic amines) is 1. The molecule has 1 aromatic rings. The van der Waals surface area contributed by atoms with Crippen LogP contribution in [0.5, 0.6) is 0 Å². The quantitative estimate of drug-likeness (QED) is 0.281. The fourth-order valence-corrected chi connectivity index (χ4v) is 5.57. The fourth-order valence-electron chi connectivity index (χ4n) is 5.26. The molecule has 41 heavy (non-hydrogen) atoms. The van der Waals surface area contributed by atoms with Crippen molar-refractivity contribution in [2.45, 2.75) is 63.1 Å². The molecule has 15 heteroatoms. The number of ether oxygens (including phenoxy) is 1. The van der Waals surface area contributed by atoms with Crippen LogP contribution in [0.4, 0.5) is 4.79 Å². The number of halogens is 2. The molecule has 2 aliphatic heterocycles. The van der Waals surface area contributed by atoms with Crippen LogP contribution in [0.15, 0.2) is 18.2 Å². The van der Waals surface area contributed by atoms with Crippen LogP contribution in [0.25, 0.3) is 0 Å². The first-order valence-electron chi connectivity index (χ1n) is 13.0. The number of nitrogens with one attached hydrogen (secondary N) is 1. The number of carbonyl (C=O) groups is 5. The lowest BCUT2D eigenvalue weighted by atomic mass is 9.89. The van der Waals surface area contributed by atoms with Gasteiger partial charge in [0.1, 0.15) is 12.1 Å². The summed E-state index contributed by atoms with van der Waals surface area (Å²) in [5.74, 6) is -7.10. The van der Waals surface area contributed by atoms with Crippen LogP contribution in [0.3, 0.4) is 0 Å². The Kier molecular flexibility index (Phi) is 10.6. The number of aliphatic hydroxyl groups is 1. The number of aliphatic hydroxyl groups excluding tert-OH is 1. The molecule has 0 spiro atoms. The van der Waals surface area contributed by atoms with Crippen LogP contribution in [0, 0.1) is 0 Å². The van der Waals surface area contributed by atoms with Crippen LogP contribution in [-0.2, 0) is 23.9 Å². The number of piperazine rings is 1. The van der Waals surface area contributed by atoms with Crippen molar-refractivity contribution in [1.82, 2.24) is 20.0 Å². The van der Waals surface area contributed by atoms with Gasteiger partial charge in [-0.1, -0.05) is 29.3 Å².